The van der Waals surface area contributed by atoms with Crippen molar-refractivity contribution < 1.29 is 14.3 Å². The molecule has 2 amide bonds. The first-order chi connectivity index (χ1) is 13.5. The maximum absolute atomic E-state index is 12.9. The average Bonchev–Trinajstić information content (AvgIpc) is 3.10. The molecule has 146 valence electrons. The SMILES string of the molecule is CSc1ccc(N2CC(C(=O)NC3CCOc4ccc(Br)cc43)CC2=O)cc1. The van der Waals surface area contributed by atoms with Gasteiger partial charge in [0.05, 0.1) is 18.6 Å². The number of benzene rings is 2. The minimum absolute atomic E-state index is 0.00725. The van der Waals surface area contributed by atoms with Gasteiger partial charge in [-0.25, -0.2) is 0 Å². The monoisotopic (exact) mass is 460 g/mol. The summed E-state index contributed by atoms with van der Waals surface area (Å²) in [6.45, 7) is 0.981. The van der Waals surface area contributed by atoms with Crippen LogP contribution in [0.15, 0.2) is 51.8 Å². The fraction of sp³-hybridized carbons (Fsp3) is 0.333. The van der Waals surface area contributed by atoms with Gasteiger partial charge in [0, 0.05) is 40.0 Å². The van der Waals surface area contributed by atoms with Crippen molar-refractivity contribution in [2.45, 2.75) is 23.8 Å². The van der Waals surface area contributed by atoms with E-state index in [-0.39, 0.29) is 30.2 Å². The Morgan fingerprint density at radius 1 is 1.25 bits per heavy atom. The number of nitrogens with zero attached hydrogens (tertiary/aromatic N) is 1. The van der Waals surface area contributed by atoms with Crippen LogP contribution in [0.2, 0.25) is 0 Å². The number of amides is 2. The summed E-state index contributed by atoms with van der Waals surface area (Å²) < 4.78 is 6.64. The Balaban J connectivity index is 1.45. The minimum Gasteiger partial charge on any atom is -0.493 e. The van der Waals surface area contributed by atoms with Gasteiger partial charge in [-0.15, -0.1) is 11.8 Å². The van der Waals surface area contributed by atoms with Gasteiger partial charge < -0.3 is 15.0 Å². The molecule has 1 fully saturated rings. The Bertz CT molecular complexity index is 903. The van der Waals surface area contributed by atoms with Gasteiger partial charge >= 0.3 is 0 Å². The van der Waals surface area contributed by atoms with E-state index in [0.717, 1.165) is 32.8 Å². The fourth-order valence-electron chi connectivity index (χ4n) is 3.70. The lowest BCUT2D eigenvalue weighted by atomic mass is 9.99. The smallest absolute Gasteiger partial charge is 0.227 e. The number of fused-ring (bicyclic) bond motifs is 1. The highest BCUT2D eigenvalue weighted by molar-refractivity contribution is 9.10. The van der Waals surface area contributed by atoms with Gasteiger partial charge in [-0.1, -0.05) is 15.9 Å². The van der Waals surface area contributed by atoms with Gasteiger partial charge in [-0.05, 0) is 48.7 Å². The Morgan fingerprint density at radius 2 is 2.04 bits per heavy atom. The van der Waals surface area contributed by atoms with E-state index in [1.165, 1.54) is 0 Å². The molecule has 2 aliphatic rings. The van der Waals surface area contributed by atoms with Crippen molar-refractivity contribution in [2.24, 2.45) is 5.92 Å². The second kappa shape index (κ2) is 8.17. The van der Waals surface area contributed by atoms with E-state index in [2.05, 4.69) is 21.2 Å². The van der Waals surface area contributed by atoms with E-state index in [4.69, 9.17) is 4.74 Å². The predicted octanol–water partition coefficient (Wildman–Crippen LogP) is 4.16. The molecule has 0 aromatic heterocycles. The van der Waals surface area contributed by atoms with E-state index in [1.54, 1.807) is 16.7 Å². The van der Waals surface area contributed by atoms with Crippen LogP contribution in [-0.2, 0) is 9.59 Å². The maximum Gasteiger partial charge on any atom is 0.227 e. The summed E-state index contributed by atoms with van der Waals surface area (Å²) in [5.41, 5.74) is 1.82. The van der Waals surface area contributed by atoms with Gasteiger partial charge in [0.15, 0.2) is 0 Å². The first kappa shape index (κ1) is 19.3. The maximum atomic E-state index is 12.9. The molecule has 28 heavy (non-hydrogen) atoms. The Hall–Kier alpha value is -1.99. The standard InChI is InChI=1S/C21H21BrN2O3S/c1-28-16-5-3-15(4-6-16)24-12-13(10-20(24)25)21(26)23-18-8-9-27-19-7-2-14(22)11-17(18)19/h2-7,11,13,18H,8-10,12H2,1H3,(H,23,26). The number of nitrogens with one attached hydrogen (secondary N) is 1. The summed E-state index contributed by atoms with van der Waals surface area (Å²) in [5, 5.41) is 3.13. The molecule has 1 saturated heterocycles. The third-order valence-corrected chi connectivity index (χ3v) is 6.44. The third kappa shape index (κ3) is 3.91. The van der Waals surface area contributed by atoms with Crippen LogP contribution in [0.25, 0.3) is 0 Å². The molecule has 2 aromatic rings. The van der Waals surface area contributed by atoms with Crippen LogP contribution < -0.4 is 15.0 Å². The number of ether oxygens (including phenoxy) is 1. The molecule has 2 heterocycles. The number of carbonyl (C=O) groups excluding carboxylic acids is 2. The van der Waals surface area contributed by atoms with Gasteiger partial charge in [0.25, 0.3) is 0 Å². The van der Waals surface area contributed by atoms with E-state index in [0.29, 0.717) is 13.2 Å². The summed E-state index contributed by atoms with van der Waals surface area (Å²) in [6.07, 6.45) is 2.98. The Labute approximate surface area is 176 Å². The number of hydrogen-bond acceptors (Lipinski definition) is 4. The van der Waals surface area contributed by atoms with E-state index >= 15 is 0 Å². The topological polar surface area (TPSA) is 58.6 Å². The number of anilines is 1. The van der Waals surface area contributed by atoms with Crippen molar-refractivity contribution in [3.05, 3.63) is 52.5 Å². The van der Waals surface area contributed by atoms with Crippen LogP contribution in [0.5, 0.6) is 5.75 Å². The second-order valence-electron chi connectivity index (χ2n) is 6.98. The lowest BCUT2D eigenvalue weighted by molar-refractivity contribution is -0.127. The minimum atomic E-state index is -0.342. The van der Waals surface area contributed by atoms with Crippen LogP contribution in [-0.4, -0.2) is 31.2 Å². The number of halogens is 1. The second-order valence-corrected chi connectivity index (χ2v) is 8.78. The van der Waals surface area contributed by atoms with Gasteiger partial charge in [0.1, 0.15) is 5.75 Å². The number of carbonyl (C=O) groups is 2. The molecule has 0 spiro atoms. The van der Waals surface area contributed by atoms with Crippen LogP contribution in [0.3, 0.4) is 0 Å². The molecule has 7 heteroatoms. The molecule has 4 rings (SSSR count). The zero-order chi connectivity index (χ0) is 19.7. The Morgan fingerprint density at radius 3 is 2.79 bits per heavy atom. The molecule has 0 radical (unpaired) electrons. The summed E-state index contributed by atoms with van der Waals surface area (Å²) in [6, 6.07) is 13.6. The van der Waals surface area contributed by atoms with Crippen LogP contribution in [0.4, 0.5) is 5.69 Å². The number of rotatable bonds is 4. The summed E-state index contributed by atoms with van der Waals surface area (Å²) >= 11 is 5.14. The Kier molecular flexibility index (Phi) is 5.64. The molecule has 2 aliphatic heterocycles. The largest absolute Gasteiger partial charge is 0.493 e. The van der Waals surface area contributed by atoms with Crippen molar-refractivity contribution in [1.29, 1.82) is 0 Å². The molecule has 0 saturated carbocycles. The van der Waals surface area contributed by atoms with Crippen molar-refractivity contribution in [3.8, 4) is 5.75 Å². The third-order valence-electron chi connectivity index (χ3n) is 5.21. The number of thioether (sulfide) groups is 1. The lowest BCUT2D eigenvalue weighted by Crippen LogP contribution is -2.37. The first-order valence-corrected chi connectivity index (χ1v) is 11.2. The van der Waals surface area contributed by atoms with Crippen LogP contribution in [0, 0.1) is 5.92 Å². The first-order valence-electron chi connectivity index (χ1n) is 9.22. The number of hydrogen-bond donors (Lipinski definition) is 1. The van der Waals surface area contributed by atoms with Crippen molar-refractivity contribution in [2.75, 3.05) is 24.3 Å². The summed E-state index contributed by atoms with van der Waals surface area (Å²) in [5.74, 6) is 0.380. The van der Waals surface area contributed by atoms with Crippen LogP contribution >= 0.6 is 27.7 Å². The molecule has 2 atom stereocenters. The highest BCUT2D eigenvalue weighted by Crippen LogP contribution is 2.35. The molecule has 5 nitrogen and oxygen atoms in total. The highest BCUT2D eigenvalue weighted by Gasteiger charge is 2.36. The lowest BCUT2D eigenvalue weighted by Gasteiger charge is -2.28. The zero-order valence-corrected chi connectivity index (χ0v) is 17.9. The van der Waals surface area contributed by atoms with Gasteiger partial charge in [0.2, 0.25) is 11.8 Å². The van der Waals surface area contributed by atoms with E-state index < -0.39 is 0 Å². The van der Waals surface area contributed by atoms with E-state index in [1.807, 2.05) is 48.7 Å². The van der Waals surface area contributed by atoms with Crippen molar-refractivity contribution >= 4 is 45.2 Å². The fourth-order valence-corrected chi connectivity index (χ4v) is 4.49. The van der Waals surface area contributed by atoms with Gasteiger partial charge in [-0.2, -0.15) is 0 Å². The van der Waals surface area contributed by atoms with Crippen molar-refractivity contribution in [1.82, 2.24) is 5.32 Å². The highest BCUT2D eigenvalue weighted by atomic mass is 79.9. The molecule has 2 unspecified atom stereocenters. The predicted molar refractivity (Wildman–Crippen MR) is 114 cm³/mol. The van der Waals surface area contributed by atoms with Crippen LogP contribution in [0.1, 0.15) is 24.4 Å². The zero-order valence-electron chi connectivity index (χ0n) is 15.5. The van der Waals surface area contributed by atoms with Gasteiger partial charge in [-0.3, -0.25) is 9.59 Å². The summed E-state index contributed by atoms with van der Waals surface area (Å²) in [7, 11) is 0. The quantitative estimate of drug-likeness (QED) is 0.695. The molecule has 0 bridgehead atoms. The molecular weight excluding hydrogens is 440 g/mol. The normalized spacial score (nSPS) is 21.2. The van der Waals surface area contributed by atoms with E-state index in [9.17, 15) is 9.59 Å². The molecule has 2 aromatic carbocycles. The van der Waals surface area contributed by atoms with Crippen molar-refractivity contribution in [3.63, 3.8) is 0 Å². The molecule has 0 aliphatic carbocycles. The molecule has 1 N–H and O–H groups in total. The molecular formula is C21H21BrN2O3S. The summed E-state index contributed by atoms with van der Waals surface area (Å²) in [4.78, 5) is 28.2. The average molecular weight is 461 g/mol.